The number of hydrogen-bond donors (Lipinski definition) is 1. The van der Waals surface area contributed by atoms with Crippen molar-refractivity contribution in [1.82, 2.24) is 9.78 Å². The molecule has 0 fully saturated rings. The molecule has 0 unspecified atom stereocenters. The molecular formula is C18H25N3O. The van der Waals surface area contributed by atoms with Crippen LogP contribution in [-0.4, -0.2) is 22.2 Å². The molecule has 0 aliphatic rings. The van der Waals surface area contributed by atoms with Crippen LogP contribution in [-0.2, 0) is 6.42 Å². The summed E-state index contributed by atoms with van der Waals surface area (Å²) in [7, 11) is 0. The largest absolute Gasteiger partial charge is 0.376 e. The number of hydrogen-bond acceptors (Lipinski definition) is 3. The zero-order valence-electron chi connectivity index (χ0n) is 14.2. The molecule has 0 saturated carbocycles. The predicted molar refractivity (Wildman–Crippen MR) is 90.7 cm³/mol. The van der Waals surface area contributed by atoms with Crippen molar-refractivity contribution in [1.29, 1.82) is 0 Å². The van der Waals surface area contributed by atoms with Gasteiger partial charge in [0.2, 0.25) is 0 Å². The van der Waals surface area contributed by atoms with Crippen molar-refractivity contribution in [3.8, 4) is 0 Å². The van der Waals surface area contributed by atoms with Crippen LogP contribution in [0.5, 0.6) is 0 Å². The van der Waals surface area contributed by atoms with Crippen molar-refractivity contribution in [2.45, 2.75) is 47.5 Å². The molecule has 0 spiro atoms. The van der Waals surface area contributed by atoms with Crippen LogP contribution < -0.4 is 5.32 Å². The van der Waals surface area contributed by atoms with Crippen LogP contribution in [0.25, 0.3) is 0 Å². The molecule has 2 rings (SSSR count). The number of carbonyl (C=O) groups excluding carboxylic acids is 1. The van der Waals surface area contributed by atoms with Gasteiger partial charge in [-0.25, -0.2) is 4.68 Å². The molecule has 0 amide bonds. The van der Waals surface area contributed by atoms with E-state index >= 15 is 0 Å². The number of anilines is 1. The molecule has 4 nitrogen and oxygen atoms in total. The topological polar surface area (TPSA) is 46.9 Å². The minimum atomic E-state index is -0.0251. The lowest BCUT2D eigenvalue weighted by Gasteiger charge is -2.10. The Kier molecular flexibility index (Phi) is 5.01. The molecular weight excluding hydrogens is 274 g/mol. The fourth-order valence-electron chi connectivity index (χ4n) is 2.79. The van der Waals surface area contributed by atoms with Crippen LogP contribution in [0.2, 0.25) is 0 Å². The first kappa shape index (κ1) is 16.3. The highest BCUT2D eigenvalue weighted by atomic mass is 16.2. The molecule has 22 heavy (non-hydrogen) atoms. The average Bonchev–Trinajstić information content (AvgIpc) is 2.74. The summed E-state index contributed by atoms with van der Waals surface area (Å²) in [5, 5.41) is 7.62. The molecule has 4 heteroatoms. The Morgan fingerprint density at radius 2 is 1.95 bits per heavy atom. The van der Waals surface area contributed by atoms with Crippen molar-refractivity contribution in [3.05, 3.63) is 46.3 Å². The van der Waals surface area contributed by atoms with E-state index in [1.807, 2.05) is 32.9 Å². The highest BCUT2D eigenvalue weighted by Crippen LogP contribution is 2.17. The van der Waals surface area contributed by atoms with Gasteiger partial charge in [0, 0.05) is 11.4 Å². The Morgan fingerprint density at radius 1 is 1.23 bits per heavy atom. The lowest BCUT2D eigenvalue weighted by Crippen LogP contribution is -2.23. The number of nitrogens with one attached hydrogen (secondary N) is 1. The Balaban J connectivity index is 2.11. The first-order chi connectivity index (χ1) is 10.4. The third-order valence-electron chi connectivity index (χ3n) is 3.99. The second-order valence-electron chi connectivity index (χ2n) is 5.88. The molecule has 0 bridgehead atoms. The third kappa shape index (κ3) is 3.38. The number of nitrogens with zero attached hydrogens (tertiary/aromatic N) is 2. The quantitative estimate of drug-likeness (QED) is 0.913. The Labute approximate surface area is 132 Å². The molecule has 1 heterocycles. The molecule has 1 N–H and O–H groups in total. The van der Waals surface area contributed by atoms with Crippen LogP contribution in [0.3, 0.4) is 0 Å². The summed E-state index contributed by atoms with van der Waals surface area (Å²) < 4.78 is 1.54. The maximum absolute atomic E-state index is 12.4. The zero-order valence-corrected chi connectivity index (χ0v) is 14.2. The van der Waals surface area contributed by atoms with Crippen molar-refractivity contribution >= 4 is 11.6 Å². The Hall–Kier alpha value is -2.10. The van der Waals surface area contributed by atoms with Gasteiger partial charge in [-0.3, -0.25) is 4.79 Å². The number of aromatic nitrogens is 2. The van der Waals surface area contributed by atoms with Crippen LogP contribution in [0.1, 0.15) is 46.2 Å². The minimum Gasteiger partial charge on any atom is -0.376 e. The summed E-state index contributed by atoms with van der Waals surface area (Å²) in [6, 6.07) is 6.17. The fourth-order valence-corrected chi connectivity index (χ4v) is 2.79. The highest BCUT2D eigenvalue weighted by molar-refractivity contribution is 5.83. The summed E-state index contributed by atoms with van der Waals surface area (Å²) in [5.41, 5.74) is 6.48. The van der Waals surface area contributed by atoms with Gasteiger partial charge < -0.3 is 5.32 Å². The van der Waals surface area contributed by atoms with Gasteiger partial charge in [0.15, 0.2) is 0 Å². The van der Waals surface area contributed by atoms with Gasteiger partial charge in [-0.1, -0.05) is 31.0 Å². The lowest BCUT2D eigenvalue weighted by molar-refractivity contribution is 0.0910. The molecule has 0 atom stereocenters. The first-order valence-corrected chi connectivity index (χ1v) is 7.83. The number of benzene rings is 1. The summed E-state index contributed by atoms with van der Waals surface area (Å²) in [5.74, 6) is -0.0251. The van der Waals surface area contributed by atoms with Gasteiger partial charge in [0.05, 0.1) is 12.2 Å². The maximum atomic E-state index is 12.4. The summed E-state index contributed by atoms with van der Waals surface area (Å²) in [6.45, 7) is 10.4. The Bertz CT molecular complexity index is 686. The van der Waals surface area contributed by atoms with E-state index in [0.717, 1.165) is 35.5 Å². The van der Waals surface area contributed by atoms with E-state index in [2.05, 4.69) is 30.3 Å². The first-order valence-electron chi connectivity index (χ1n) is 7.83. The van der Waals surface area contributed by atoms with Gasteiger partial charge in [-0.15, -0.1) is 0 Å². The SMILES string of the molecule is CCCc1c(C)nn(C(=O)CNc2ccc(C)cc2C)c1C. The van der Waals surface area contributed by atoms with E-state index in [-0.39, 0.29) is 12.5 Å². The van der Waals surface area contributed by atoms with E-state index in [9.17, 15) is 4.79 Å². The van der Waals surface area contributed by atoms with Gasteiger partial charge in [-0.2, -0.15) is 5.10 Å². The van der Waals surface area contributed by atoms with E-state index in [0.29, 0.717) is 0 Å². The second kappa shape index (κ2) is 6.77. The monoisotopic (exact) mass is 299 g/mol. The van der Waals surface area contributed by atoms with Crippen molar-refractivity contribution in [2.75, 3.05) is 11.9 Å². The normalized spacial score (nSPS) is 10.8. The highest BCUT2D eigenvalue weighted by Gasteiger charge is 2.15. The molecule has 1 aromatic heterocycles. The Morgan fingerprint density at radius 3 is 2.59 bits per heavy atom. The van der Waals surface area contributed by atoms with Crippen molar-refractivity contribution in [2.24, 2.45) is 0 Å². The van der Waals surface area contributed by atoms with Crippen LogP contribution >= 0.6 is 0 Å². The second-order valence-corrected chi connectivity index (χ2v) is 5.88. The minimum absolute atomic E-state index is 0.0251. The van der Waals surface area contributed by atoms with Gasteiger partial charge in [-0.05, 0) is 51.3 Å². The lowest BCUT2D eigenvalue weighted by atomic mass is 10.1. The molecule has 0 aliphatic carbocycles. The van der Waals surface area contributed by atoms with Crippen LogP contribution in [0.15, 0.2) is 18.2 Å². The number of aryl methyl sites for hydroxylation is 3. The van der Waals surface area contributed by atoms with E-state index in [1.165, 1.54) is 15.8 Å². The third-order valence-corrected chi connectivity index (χ3v) is 3.99. The summed E-state index contributed by atoms with van der Waals surface area (Å²) in [4.78, 5) is 12.4. The molecule has 0 radical (unpaired) electrons. The van der Waals surface area contributed by atoms with Gasteiger partial charge in [0.25, 0.3) is 5.91 Å². The number of carbonyl (C=O) groups is 1. The van der Waals surface area contributed by atoms with Gasteiger partial charge in [0.1, 0.15) is 0 Å². The van der Waals surface area contributed by atoms with Crippen LogP contribution in [0.4, 0.5) is 5.69 Å². The molecule has 0 aliphatic heterocycles. The molecule has 2 aromatic rings. The van der Waals surface area contributed by atoms with E-state index in [1.54, 1.807) is 0 Å². The van der Waals surface area contributed by atoms with Crippen molar-refractivity contribution < 1.29 is 4.79 Å². The number of rotatable bonds is 5. The smallest absolute Gasteiger partial charge is 0.266 e. The van der Waals surface area contributed by atoms with Gasteiger partial charge >= 0.3 is 0 Å². The fraction of sp³-hybridized carbons (Fsp3) is 0.444. The maximum Gasteiger partial charge on any atom is 0.266 e. The standard InChI is InChI=1S/C18H25N3O/c1-6-7-16-14(4)20-21(15(16)5)18(22)11-19-17-9-8-12(2)10-13(17)3/h8-10,19H,6-7,11H2,1-5H3. The van der Waals surface area contributed by atoms with E-state index < -0.39 is 0 Å². The average molecular weight is 299 g/mol. The van der Waals surface area contributed by atoms with E-state index in [4.69, 9.17) is 0 Å². The summed E-state index contributed by atoms with van der Waals surface area (Å²) >= 11 is 0. The van der Waals surface area contributed by atoms with Crippen LogP contribution in [0, 0.1) is 27.7 Å². The molecule has 0 saturated heterocycles. The molecule has 118 valence electrons. The zero-order chi connectivity index (χ0) is 16.3. The summed E-state index contributed by atoms with van der Waals surface area (Å²) in [6.07, 6.45) is 2.03. The van der Waals surface area contributed by atoms with Crippen molar-refractivity contribution in [3.63, 3.8) is 0 Å². The molecule has 1 aromatic carbocycles. The predicted octanol–water partition coefficient (Wildman–Crippen LogP) is 3.82.